The molecule has 3 rings (SSSR count). The van der Waals surface area contributed by atoms with Crippen molar-refractivity contribution in [3.05, 3.63) is 35.5 Å². The van der Waals surface area contributed by atoms with Gasteiger partial charge in [0, 0.05) is 30.6 Å². The first-order chi connectivity index (χ1) is 11.7. The molecule has 2 heterocycles. The minimum absolute atomic E-state index is 0.258. The van der Waals surface area contributed by atoms with E-state index in [4.69, 9.17) is 10.5 Å². The summed E-state index contributed by atoms with van der Waals surface area (Å²) in [5.74, 6) is 0.190. The van der Waals surface area contributed by atoms with Gasteiger partial charge in [-0.05, 0) is 44.4 Å². The van der Waals surface area contributed by atoms with E-state index < -0.39 is 11.5 Å². The summed E-state index contributed by atoms with van der Waals surface area (Å²) in [7, 11) is 0. The van der Waals surface area contributed by atoms with Crippen LogP contribution in [-0.2, 0) is 4.74 Å². The van der Waals surface area contributed by atoms with Gasteiger partial charge in [0.05, 0.1) is 11.1 Å². The molecule has 3 N–H and O–H groups in total. The van der Waals surface area contributed by atoms with Crippen LogP contribution in [0.5, 0.6) is 0 Å². The fraction of sp³-hybridized carbons (Fsp3) is 0.474. The Bertz CT molecular complexity index is 813. The maximum absolute atomic E-state index is 12.1. The number of amides is 2. The summed E-state index contributed by atoms with van der Waals surface area (Å²) in [6.45, 7) is 9.12. The number of nitrogens with one attached hydrogen (secondary N) is 1. The Balaban J connectivity index is 1.74. The van der Waals surface area contributed by atoms with E-state index in [-0.39, 0.29) is 12.0 Å². The summed E-state index contributed by atoms with van der Waals surface area (Å²) < 4.78 is 5.41. The Morgan fingerprint density at radius 3 is 2.56 bits per heavy atom. The second-order valence-electron chi connectivity index (χ2n) is 7.77. The fourth-order valence-electron chi connectivity index (χ4n) is 3.34. The van der Waals surface area contributed by atoms with E-state index in [0.717, 1.165) is 16.5 Å². The van der Waals surface area contributed by atoms with Gasteiger partial charge in [-0.3, -0.25) is 4.79 Å². The Morgan fingerprint density at radius 1 is 1.28 bits per heavy atom. The van der Waals surface area contributed by atoms with Crippen LogP contribution < -0.4 is 5.73 Å². The highest BCUT2D eigenvalue weighted by Gasteiger charge is 2.37. The Labute approximate surface area is 147 Å². The van der Waals surface area contributed by atoms with Gasteiger partial charge >= 0.3 is 6.09 Å². The standard InChI is InChI=1S/C19H25N3O3/c1-11(12-9-22(10-12)18(24)25-19(2,3)4)13-5-6-15(17(20)23)16-14(13)7-8-21-16/h5-8,11-12,21H,9-10H2,1-4H3,(H2,20,23). The minimum Gasteiger partial charge on any atom is -0.444 e. The molecule has 134 valence electrons. The van der Waals surface area contributed by atoms with Gasteiger partial charge in [-0.25, -0.2) is 4.79 Å². The van der Waals surface area contributed by atoms with Crippen molar-refractivity contribution in [2.24, 2.45) is 11.7 Å². The number of nitrogens with zero attached hydrogens (tertiary/aromatic N) is 1. The lowest BCUT2D eigenvalue weighted by molar-refractivity contribution is -0.00412. The summed E-state index contributed by atoms with van der Waals surface area (Å²) in [5.41, 5.74) is 7.41. The molecule has 0 spiro atoms. The van der Waals surface area contributed by atoms with Crippen LogP contribution >= 0.6 is 0 Å². The number of likely N-dealkylation sites (tertiary alicyclic amines) is 1. The SMILES string of the molecule is CC(c1ccc(C(N)=O)c2[nH]ccc12)C1CN(C(=O)OC(C)(C)C)C1. The van der Waals surface area contributed by atoms with Crippen molar-refractivity contribution in [2.75, 3.05) is 13.1 Å². The van der Waals surface area contributed by atoms with Crippen LogP contribution in [0, 0.1) is 5.92 Å². The number of hydrogen-bond acceptors (Lipinski definition) is 3. The number of carbonyl (C=O) groups is 2. The zero-order valence-electron chi connectivity index (χ0n) is 15.1. The van der Waals surface area contributed by atoms with Crippen molar-refractivity contribution in [1.29, 1.82) is 0 Å². The van der Waals surface area contributed by atoms with E-state index in [9.17, 15) is 9.59 Å². The third-order valence-electron chi connectivity index (χ3n) is 4.78. The maximum atomic E-state index is 12.1. The van der Waals surface area contributed by atoms with Gasteiger partial charge in [0.25, 0.3) is 5.91 Å². The normalized spacial score (nSPS) is 16.6. The fourth-order valence-corrected chi connectivity index (χ4v) is 3.34. The number of hydrogen-bond donors (Lipinski definition) is 2. The zero-order chi connectivity index (χ0) is 18.4. The van der Waals surface area contributed by atoms with E-state index in [0.29, 0.717) is 24.6 Å². The van der Waals surface area contributed by atoms with Crippen molar-refractivity contribution in [3.8, 4) is 0 Å². The van der Waals surface area contributed by atoms with Crippen LogP contribution in [0.1, 0.15) is 49.5 Å². The average molecular weight is 343 g/mol. The summed E-state index contributed by atoms with van der Waals surface area (Å²) in [6.07, 6.45) is 1.56. The molecule has 1 aromatic carbocycles. The monoisotopic (exact) mass is 343 g/mol. The lowest BCUT2D eigenvalue weighted by Crippen LogP contribution is -2.53. The molecule has 25 heavy (non-hydrogen) atoms. The second-order valence-corrected chi connectivity index (χ2v) is 7.77. The van der Waals surface area contributed by atoms with Crippen LogP contribution in [0.3, 0.4) is 0 Å². The van der Waals surface area contributed by atoms with E-state index >= 15 is 0 Å². The van der Waals surface area contributed by atoms with Crippen LogP contribution in [-0.4, -0.2) is 40.6 Å². The molecule has 0 radical (unpaired) electrons. The van der Waals surface area contributed by atoms with Gasteiger partial charge in [-0.15, -0.1) is 0 Å². The average Bonchev–Trinajstić information content (AvgIpc) is 2.91. The van der Waals surface area contributed by atoms with E-state index in [1.54, 1.807) is 11.0 Å². The Kier molecular flexibility index (Phi) is 4.22. The van der Waals surface area contributed by atoms with Gasteiger partial charge in [-0.2, -0.15) is 0 Å². The van der Waals surface area contributed by atoms with Crippen molar-refractivity contribution in [3.63, 3.8) is 0 Å². The highest BCUT2D eigenvalue weighted by atomic mass is 16.6. The van der Waals surface area contributed by atoms with Crippen LogP contribution in [0.15, 0.2) is 24.4 Å². The Morgan fingerprint density at radius 2 is 1.96 bits per heavy atom. The first kappa shape index (κ1) is 17.3. The number of carbonyl (C=O) groups excluding carboxylic acids is 2. The predicted molar refractivity (Wildman–Crippen MR) is 96.5 cm³/mol. The number of benzene rings is 1. The summed E-state index contributed by atoms with van der Waals surface area (Å²) >= 11 is 0. The summed E-state index contributed by atoms with van der Waals surface area (Å²) in [6, 6.07) is 5.71. The number of rotatable bonds is 3. The molecule has 1 saturated heterocycles. The van der Waals surface area contributed by atoms with Gasteiger partial charge < -0.3 is 20.4 Å². The Hall–Kier alpha value is -2.50. The van der Waals surface area contributed by atoms with Gasteiger partial charge in [0.1, 0.15) is 5.60 Å². The first-order valence-corrected chi connectivity index (χ1v) is 8.55. The second kappa shape index (κ2) is 6.10. The molecule has 1 fully saturated rings. The third kappa shape index (κ3) is 3.34. The molecule has 6 heteroatoms. The predicted octanol–water partition coefficient (Wildman–Crippen LogP) is 3.24. The number of ether oxygens (including phenoxy) is 1. The lowest BCUT2D eigenvalue weighted by Gasteiger charge is -2.43. The topological polar surface area (TPSA) is 88.4 Å². The van der Waals surface area contributed by atoms with Gasteiger partial charge in [0.15, 0.2) is 0 Å². The molecular formula is C19H25N3O3. The molecule has 1 unspecified atom stereocenters. The van der Waals surface area contributed by atoms with Gasteiger partial charge in [-0.1, -0.05) is 13.0 Å². The molecule has 2 aromatic rings. The smallest absolute Gasteiger partial charge is 0.410 e. The van der Waals surface area contributed by atoms with E-state index in [2.05, 4.69) is 11.9 Å². The molecule has 1 atom stereocenters. The lowest BCUT2D eigenvalue weighted by atomic mass is 9.81. The van der Waals surface area contributed by atoms with E-state index in [1.807, 2.05) is 39.1 Å². The van der Waals surface area contributed by atoms with Crippen molar-refractivity contribution in [2.45, 2.75) is 39.2 Å². The molecule has 0 aliphatic carbocycles. The summed E-state index contributed by atoms with van der Waals surface area (Å²) in [4.78, 5) is 28.5. The highest BCUT2D eigenvalue weighted by molar-refractivity contribution is 6.05. The van der Waals surface area contributed by atoms with Crippen molar-refractivity contribution >= 4 is 22.9 Å². The molecule has 1 aliphatic heterocycles. The quantitative estimate of drug-likeness (QED) is 0.896. The molecule has 0 saturated carbocycles. The number of nitrogens with two attached hydrogens (primary N) is 1. The molecule has 6 nitrogen and oxygen atoms in total. The molecule has 1 aliphatic rings. The number of aromatic amines is 1. The zero-order valence-corrected chi connectivity index (χ0v) is 15.1. The maximum Gasteiger partial charge on any atom is 0.410 e. The van der Waals surface area contributed by atoms with E-state index in [1.165, 1.54) is 0 Å². The number of fused-ring (bicyclic) bond motifs is 1. The molecule has 0 bridgehead atoms. The highest BCUT2D eigenvalue weighted by Crippen LogP contribution is 2.36. The molecule has 2 amide bonds. The van der Waals surface area contributed by atoms with Crippen LogP contribution in [0.25, 0.3) is 10.9 Å². The van der Waals surface area contributed by atoms with Crippen molar-refractivity contribution < 1.29 is 14.3 Å². The number of primary amides is 1. The van der Waals surface area contributed by atoms with Crippen molar-refractivity contribution in [1.82, 2.24) is 9.88 Å². The van der Waals surface area contributed by atoms with Crippen LogP contribution in [0.4, 0.5) is 4.79 Å². The first-order valence-electron chi connectivity index (χ1n) is 8.55. The largest absolute Gasteiger partial charge is 0.444 e. The third-order valence-corrected chi connectivity index (χ3v) is 4.78. The number of aromatic nitrogens is 1. The molecule has 1 aromatic heterocycles. The number of H-pyrrole nitrogens is 1. The molecular weight excluding hydrogens is 318 g/mol. The minimum atomic E-state index is -0.477. The van der Waals surface area contributed by atoms with Gasteiger partial charge in [0.2, 0.25) is 0 Å². The summed E-state index contributed by atoms with van der Waals surface area (Å²) in [5, 5.41) is 1.01. The van der Waals surface area contributed by atoms with Crippen LogP contribution in [0.2, 0.25) is 0 Å².